The molecule has 0 saturated heterocycles. The number of allylic oxidation sites excluding steroid dienone is 1. The number of pyridine rings is 1. The maximum Gasteiger partial charge on any atom is 0.252 e. The fourth-order valence-corrected chi connectivity index (χ4v) is 3.84. The Kier molecular flexibility index (Phi) is 6.95. The first-order chi connectivity index (χ1) is 16.9. The Balaban J connectivity index is 1.62. The summed E-state index contributed by atoms with van der Waals surface area (Å²) in [4.78, 5) is 26.6. The summed E-state index contributed by atoms with van der Waals surface area (Å²) in [5.41, 5.74) is 3.71. The molecule has 11 nitrogen and oxygen atoms in total. The number of carbonyl (C=O) groups excluding carboxylic acids is 1. The van der Waals surface area contributed by atoms with Gasteiger partial charge in [-0.3, -0.25) is 9.79 Å². The second-order valence-electron chi connectivity index (χ2n) is 8.05. The molecular weight excluding hydrogens is 446 g/mol. The van der Waals surface area contributed by atoms with E-state index in [1.54, 1.807) is 20.4 Å². The summed E-state index contributed by atoms with van der Waals surface area (Å²) >= 11 is 0. The van der Waals surface area contributed by atoms with E-state index < -0.39 is 0 Å². The van der Waals surface area contributed by atoms with E-state index in [9.17, 15) is 4.79 Å². The molecule has 3 heterocycles. The summed E-state index contributed by atoms with van der Waals surface area (Å²) in [5.74, 6) is 2.51. The number of nitrogens with one attached hydrogen (secondary N) is 4. The number of amides is 1. The zero-order valence-corrected chi connectivity index (χ0v) is 20.4. The van der Waals surface area contributed by atoms with Crippen LogP contribution in [0.3, 0.4) is 0 Å². The van der Waals surface area contributed by atoms with Crippen LogP contribution < -0.4 is 20.7 Å². The van der Waals surface area contributed by atoms with Crippen LogP contribution in [-0.2, 0) is 6.54 Å². The number of hydrogen-bond donors (Lipinski definition) is 4. The standard InChI is InChI=1S/C24H29N9O2/c1-14-9-21(33(4)15(2)30-14)31-20-10-16(18(12-27-20)24(34)25-3)11-26-19-8-6-7-17(22(19)35-5)23-28-13-29-32-23/h6-10,12-13,15,26H,11H2,1-5H3,(H,25,34)(H,27,31)(H,28,29,32). The van der Waals surface area contributed by atoms with Gasteiger partial charge in [0.2, 0.25) is 0 Å². The normalized spacial score (nSPS) is 15.2. The first kappa shape index (κ1) is 23.7. The van der Waals surface area contributed by atoms with E-state index in [-0.39, 0.29) is 12.1 Å². The Hall–Kier alpha value is -4.41. The van der Waals surface area contributed by atoms with Crippen LogP contribution in [0.25, 0.3) is 11.4 Å². The smallest absolute Gasteiger partial charge is 0.252 e. The largest absolute Gasteiger partial charge is 0.494 e. The molecule has 1 amide bonds. The van der Waals surface area contributed by atoms with Crippen molar-refractivity contribution in [3.05, 3.63) is 59.8 Å². The summed E-state index contributed by atoms with van der Waals surface area (Å²) in [7, 11) is 5.17. The van der Waals surface area contributed by atoms with Crippen LogP contribution in [0.4, 0.5) is 11.5 Å². The molecule has 35 heavy (non-hydrogen) atoms. The van der Waals surface area contributed by atoms with Crippen molar-refractivity contribution < 1.29 is 9.53 Å². The topological polar surface area (TPSA) is 132 Å². The van der Waals surface area contributed by atoms with Crippen molar-refractivity contribution in [2.75, 3.05) is 31.8 Å². The Bertz CT molecular complexity index is 1270. The Morgan fingerprint density at radius 3 is 2.86 bits per heavy atom. The quantitative estimate of drug-likeness (QED) is 0.391. The van der Waals surface area contributed by atoms with Crippen molar-refractivity contribution >= 4 is 23.1 Å². The monoisotopic (exact) mass is 475 g/mol. The van der Waals surface area contributed by atoms with E-state index in [1.807, 2.05) is 56.1 Å². The number of H-pyrrole nitrogens is 1. The molecule has 0 spiro atoms. The van der Waals surface area contributed by atoms with Crippen molar-refractivity contribution in [1.82, 2.24) is 30.4 Å². The van der Waals surface area contributed by atoms with Gasteiger partial charge in [0.25, 0.3) is 5.91 Å². The van der Waals surface area contributed by atoms with Gasteiger partial charge in [-0.05, 0) is 43.7 Å². The van der Waals surface area contributed by atoms with Gasteiger partial charge in [-0.25, -0.2) is 4.98 Å². The highest BCUT2D eigenvalue weighted by molar-refractivity contribution is 5.96. The van der Waals surface area contributed by atoms with Crippen LogP contribution >= 0.6 is 0 Å². The fourth-order valence-electron chi connectivity index (χ4n) is 3.84. The molecule has 0 radical (unpaired) electrons. The van der Waals surface area contributed by atoms with Gasteiger partial charge in [-0.1, -0.05) is 6.07 Å². The second kappa shape index (κ2) is 10.2. The van der Waals surface area contributed by atoms with Gasteiger partial charge < -0.3 is 30.6 Å². The molecular formula is C24H29N9O2. The van der Waals surface area contributed by atoms with Crippen molar-refractivity contribution in [2.45, 2.75) is 26.6 Å². The molecule has 0 bridgehead atoms. The highest BCUT2D eigenvalue weighted by Gasteiger charge is 2.19. The number of carbonyl (C=O) groups is 1. The average molecular weight is 476 g/mol. The zero-order chi connectivity index (χ0) is 24.9. The molecule has 1 aliphatic heterocycles. The molecule has 4 N–H and O–H groups in total. The van der Waals surface area contributed by atoms with E-state index in [0.717, 1.165) is 28.3 Å². The molecule has 1 aliphatic rings. The first-order valence-corrected chi connectivity index (χ1v) is 11.2. The van der Waals surface area contributed by atoms with Crippen molar-refractivity contribution in [3.8, 4) is 17.1 Å². The Labute approximate surface area is 203 Å². The number of aromatic amines is 1. The predicted molar refractivity (Wildman–Crippen MR) is 135 cm³/mol. The molecule has 2 aromatic heterocycles. The van der Waals surface area contributed by atoms with Crippen molar-refractivity contribution in [3.63, 3.8) is 0 Å². The molecule has 0 saturated carbocycles. The first-order valence-electron chi connectivity index (χ1n) is 11.2. The van der Waals surface area contributed by atoms with Crippen LogP contribution in [0.2, 0.25) is 0 Å². The van der Waals surface area contributed by atoms with Gasteiger partial charge in [-0.2, -0.15) is 0 Å². The minimum Gasteiger partial charge on any atom is -0.494 e. The highest BCUT2D eigenvalue weighted by atomic mass is 16.5. The van der Waals surface area contributed by atoms with Crippen molar-refractivity contribution in [2.24, 2.45) is 4.99 Å². The molecule has 1 unspecified atom stereocenters. The van der Waals surface area contributed by atoms with Gasteiger partial charge in [-0.15, -0.1) is 10.2 Å². The molecule has 182 valence electrons. The number of rotatable bonds is 8. The lowest BCUT2D eigenvalue weighted by molar-refractivity contribution is 0.0962. The van der Waals surface area contributed by atoms with Crippen LogP contribution in [0.5, 0.6) is 5.75 Å². The number of hydrogen-bond acceptors (Lipinski definition) is 9. The summed E-state index contributed by atoms with van der Waals surface area (Å²) in [5, 5.41) is 17.4. The third-order valence-corrected chi connectivity index (χ3v) is 5.75. The van der Waals surface area contributed by atoms with Gasteiger partial charge in [0, 0.05) is 32.5 Å². The molecule has 4 rings (SSSR count). The van der Waals surface area contributed by atoms with E-state index in [2.05, 4.69) is 41.1 Å². The molecule has 1 atom stereocenters. The summed E-state index contributed by atoms with van der Waals surface area (Å²) < 4.78 is 5.67. The molecule has 11 heteroatoms. The van der Waals surface area contributed by atoms with Gasteiger partial charge >= 0.3 is 0 Å². The minimum atomic E-state index is -0.214. The Morgan fingerprint density at radius 2 is 2.14 bits per heavy atom. The highest BCUT2D eigenvalue weighted by Crippen LogP contribution is 2.35. The van der Waals surface area contributed by atoms with Crippen molar-refractivity contribution in [1.29, 1.82) is 0 Å². The van der Waals surface area contributed by atoms with Crippen LogP contribution in [-0.4, -0.2) is 64.1 Å². The number of nitrogens with zero attached hydrogens (tertiary/aromatic N) is 5. The maximum atomic E-state index is 12.5. The second-order valence-corrected chi connectivity index (χ2v) is 8.05. The minimum absolute atomic E-state index is 0.0119. The number of aromatic nitrogens is 4. The van der Waals surface area contributed by atoms with Gasteiger partial charge in [0.15, 0.2) is 11.6 Å². The number of methoxy groups -OCH3 is 1. The van der Waals surface area contributed by atoms with E-state index in [4.69, 9.17) is 4.74 Å². The molecule has 0 aliphatic carbocycles. The van der Waals surface area contributed by atoms with E-state index >= 15 is 0 Å². The average Bonchev–Trinajstić information content (AvgIpc) is 3.40. The number of aliphatic imine (C=N–C) groups is 1. The van der Waals surface area contributed by atoms with Crippen LogP contribution in [0.1, 0.15) is 29.8 Å². The number of anilines is 2. The third-order valence-electron chi connectivity index (χ3n) is 5.75. The number of para-hydroxylation sites is 1. The van der Waals surface area contributed by atoms with E-state index in [0.29, 0.717) is 29.5 Å². The number of ether oxygens (including phenoxy) is 1. The maximum absolute atomic E-state index is 12.5. The summed E-state index contributed by atoms with van der Waals surface area (Å²) in [6.45, 7) is 4.35. The third kappa shape index (κ3) is 5.08. The molecule has 1 aromatic carbocycles. The lowest BCUT2D eigenvalue weighted by atomic mass is 10.1. The Morgan fingerprint density at radius 1 is 1.31 bits per heavy atom. The summed E-state index contributed by atoms with van der Waals surface area (Å²) in [6, 6.07) is 7.57. The fraction of sp³-hybridized carbons (Fsp3) is 0.292. The van der Waals surface area contributed by atoms with E-state index in [1.165, 1.54) is 6.33 Å². The lowest BCUT2D eigenvalue weighted by Gasteiger charge is -2.30. The lowest BCUT2D eigenvalue weighted by Crippen LogP contribution is -2.34. The number of benzene rings is 1. The zero-order valence-electron chi connectivity index (χ0n) is 20.4. The van der Waals surface area contributed by atoms with Crippen LogP contribution in [0, 0.1) is 0 Å². The predicted octanol–water partition coefficient (Wildman–Crippen LogP) is 2.85. The van der Waals surface area contributed by atoms with Gasteiger partial charge in [0.1, 0.15) is 24.1 Å². The molecule has 3 aromatic rings. The van der Waals surface area contributed by atoms with Crippen LogP contribution in [0.15, 0.2) is 53.7 Å². The van der Waals surface area contributed by atoms with Gasteiger partial charge in [0.05, 0.1) is 23.9 Å². The summed E-state index contributed by atoms with van der Waals surface area (Å²) in [6.07, 6.45) is 5.07. The molecule has 0 fully saturated rings. The SMILES string of the molecule is CNC(=O)c1cnc(NC2=CC(C)=NC(C)N2C)cc1CNc1cccc(-c2nnc[nH]2)c1OC.